The van der Waals surface area contributed by atoms with Gasteiger partial charge >= 0.3 is 30.9 Å². The maximum Gasteiger partial charge on any atom is 1.00 e. The van der Waals surface area contributed by atoms with E-state index in [0.717, 1.165) is 24.8 Å². The van der Waals surface area contributed by atoms with Gasteiger partial charge < -0.3 is 35.9 Å². The summed E-state index contributed by atoms with van der Waals surface area (Å²) in [7, 11) is 1.77. The van der Waals surface area contributed by atoms with Crippen molar-refractivity contribution in [1.82, 2.24) is 4.90 Å². The van der Waals surface area contributed by atoms with Gasteiger partial charge in [-0.05, 0) is 44.6 Å². The zero-order chi connectivity index (χ0) is 29.3. The molecule has 9 atom stereocenters. The molecule has 0 aliphatic carbocycles. The molecule has 2 rings (SSSR count). The molecule has 0 aromatic heterocycles. The number of aliphatic carboxylic acids is 1. The Morgan fingerprint density at radius 1 is 1.27 bits per heavy atom. The van der Waals surface area contributed by atoms with E-state index in [-0.39, 0.29) is 55.1 Å². The molecule has 2 fully saturated rings. The second kappa shape index (κ2) is 17.0. The second-order valence-corrected chi connectivity index (χ2v) is 11.7. The fraction of sp³-hybridized carbons (Fsp3) is 0.774. The first-order valence-corrected chi connectivity index (χ1v) is 14.6. The van der Waals surface area contributed by atoms with Crippen molar-refractivity contribution < 1.29 is 52.5 Å². The van der Waals surface area contributed by atoms with Crippen LogP contribution in [0.5, 0.6) is 0 Å². The van der Waals surface area contributed by atoms with Crippen LogP contribution in [0, 0.1) is 24.7 Å². The molecular weight excluding hydrogens is 505 g/mol. The topological polar surface area (TPSA) is 97.8 Å². The predicted molar refractivity (Wildman–Crippen MR) is 152 cm³/mol. The van der Waals surface area contributed by atoms with Crippen LogP contribution < -0.4 is 18.9 Å². The minimum absolute atomic E-state index is 0. The van der Waals surface area contributed by atoms with Crippen molar-refractivity contribution in [2.75, 3.05) is 20.2 Å². The van der Waals surface area contributed by atoms with Gasteiger partial charge in [0.25, 0.3) is 0 Å². The minimum atomic E-state index is -0.932. The molecule has 2 aliphatic heterocycles. The average molecular weight is 558 g/mol. The molecule has 1 N–H and O–H groups in total. The fourth-order valence-corrected chi connectivity index (χ4v) is 6.06. The first kappa shape index (κ1) is 36.7. The number of hydrogen-bond donors (Lipinski definition) is 1. The number of epoxide rings is 1. The van der Waals surface area contributed by atoms with Crippen LogP contribution in [0.2, 0.25) is 0 Å². The summed E-state index contributed by atoms with van der Waals surface area (Å²) >= 11 is 0. The molecule has 0 unspecified atom stereocenters. The molecule has 9 heteroatoms. The van der Waals surface area contributed by atoms with E-state index in [1.165, 1.54) is 0 Å². The third-order valence-corrected chi connectivity index (χ3v) is 8.26. The summed E-state index contributed by atoms with van der Waals surface area (Å²) in [4.78, 5) is 25.8. The summed E-state index contributed by atoms with van der Waals surface area (Å²) in [5.74, 6) is -0.401. The Balaban J connectivity index is 0.00000800. The SMILES string of the molecule is [CH2-]CN(CCC)C(=O)O[C@@H]1C[C@H](CC(=O)O)O[C@H](/C(C)=C/C=C/[C@@H](C)C[C@@]2(C)O[C@@H]2[C@H](C)[C@H](CC)OC)[C@H]1C.[Li+]. The first-order chi connectivity index (χ1) is 18.4. The zero-order valence-corrected chi connectivity index (χ0v) is 26.4. The average Bonchev–Trinajstić information content (AvgIpc) is 3.54. The van der Waals surface area contributed by atoms with Crippen LogP contribution in [0.15, 0.2) is 23.8 Å². The number of methoxy groups -OCH3 is 1. The van der Waals surface area contributed by atoms with Crippen LogP contribution >= 0.6 is 0 Å². The number of amides is 1. The Bertz CT molecular complexity index is 861. The van der Waals surface area contributed by atoms with Crippen molar-refractivity contribution in [3.05, 3.63) is 30.7 Å². The van der Waals surface area contributed by atoms with Crippen molar-refractivity contribution in [2.24, 2.45) is 17.8 Å². The summed E-state index contributed by atoms with van der Waals surface area (Å²) in [6.07, 6.45) is 7.81. The van der Waals surface area contributed by atoms with Crippen LogP contribution in [0.1, 0.15) is 80.6 Å². The monoisotopic (exact) mass is 557 g/mol. The number of allylic oxidation sites excluding steroid dienone is 3. The van der Waals surface area contributed by atoms with Crippen LogP contribution in [-0.2, 0) is 23.7 Å². The summed E-state index contributed by atoms with van der Waals surface area (Å²) < 4.78 is 23.9. The standard InChI is InChI=1S/C31H52NO7.Li/c1-10-16-32(12-3)30(35)38-26-17-24(18-27(33)34)37-28(22(26)6)21(5)15-13-14-20(4)19-31(8)29(39-31)23(7)25(11-2)36-9;/h13-15,20,22-26,28-29H,3,10-12,16-19H2,1-2,4-9H3,(H,33,34);/q-1;+1/b14-13+,21-15+;/t20-,22+,23-,24-,25+,26-,28-,29-,31-;/m1./s1. The molecule has 40 heavy (non-hydrogen) atoms. The molecule has 0 aromatic rings. The molecule has 0 saturated carbocycles. The van der Waals surface area contributed by atoms with Crippen molar-refractivity contribution in [3.8, 4) is 0 Å². The van der Waals surface area contributed by atoms with E-state index in [1.807, 2.05) is 32.9 Å². The maximum atomic E-state index is 12.7. The van der Waals surface area contributed by atoms with Gasteiger partial charge in [-0.25, -0.2) is 4.79 Å². The number of carbonyl (C=O) groups excluding carboxylic acids is 1. The molecular formula is C31H52LiNO7. The number of carbonyl (C=O) groups is 2. The van der Waals surface area contributed by atoms with E-state index in [4.69, 9.17) is 18.9 Å². The van der Waals surface area contributed by atoms with Crippen molar-refractivity contribution in [2.45, 2.75) is 117 Å². The number of ether oxygens (including phenoxy) is 4. The molecule has 2 saturated heterocycles. The van der Waals surface area contributed by atoms with Gasteiger partial charge in [-0.2, -0.15) is 0 Å². The molecule has 0 spiro atoms. The van der Waals surface area contributed by atoms with Gasteiger partial charge in [0.05, 0.1) is 36.4 Å². The number of nitrogens with zero attached hydrogens (tertiary/aromatic N) is 1. The second-order valence-electron chi connectivity index (χ2n) is 11.7. The minimum Gasteiger partial charge on any atom is -0.481 e. The van der Waals surface area contributed by atoms with Crippen LogP contribution in [0.3, 0.4) is 0 Å². The van der Waals surface area contributed by atoms with Gasteiger partial charge in [0.1, 0.15) is 6.10 Å². The van der Waals surface area contributed by atoms with E-state index in [1.54, 1.807) is 12.0 Å². The fourth-order valence-electron chi connectivity index (χ4n) is 6.06. The van der Waals surface area contributed by atoms with E-state index in [2.05, 4.69) is 40.7 Å². The van der Waals surface area contributed by atoms with E-state index >= 15 is 0 Å². The van der Waals surface area contributed by atoms with Crippen LogP contribution in [0.25, 0.3) is 0 Å². The smallest absolute Gasteiger partial charge is 0.481 e. The largest absolute Gasteiger partial charge is 1.00 e. The molecule has 1 amide bonds. The summed E-state index contributed by atoms with van der Waals surface area (Å²) in [6, 6.07) is 0. The maximum absolute atomic E-state index is 12.7. The number of carboxylic acid groups (broad SMARTS) is 1. The molecule has 2 aliphatic rings. The Morgan fingerprint density at radius 2 is 1.95 bits per heavy atom. The van der Waals surface area contributed by atoms with E-state index < -0.39 is 24.3 Å². The molecule has 2 heterocycles. The predicted octanol–water partition coefficient (Wildman–Crippen LogP) is 3.06. The number of carboxylic acids is 1. The molecule has 224 valence electrons. The quantitative estimate of drug-likeness (QED) is 0.143. The summed E-state index contributed by atoms with van der Waals surface area (Å²) in [5, 5.41) is 9.39. The number of hydrogen-bond acceptors (Lipinski definition) is 6. The Kier molecular flexibility index (Phi) is 15.6. The third-order valence-electron chi connectivity index (χ3n) is 8.26. The van der Waals surface area contributed by atoms with Gasteiger partial charge in [0.15, 0.2) is 0 Å². The molecule has 0 bridgehead atoms. The Labute approximate surface area is 254 Å². The van der Waals surface area contributed by atoms with Gasteiger partial charge in [-0.3, -0.25) is 4.79 Å². The van der Waals surface area contributed by atoms with E-state index in [9.17, 15) is 14.7 Å². The first-order valence-electron chi connectivity index (χ1n) is 14.6. The van der Waals surface area contributed by atoms with E-state index in [0.29, 0.717) is 31.3 Å². The van der Waals surface area contributed by atoms with Crippen LogP contribution in [-0.4, -0.2) is 78.4 Å². The van der Waals surface area contributed by atoms with Crippen molar-refractivity contribution in [1.29, 1.82) is 0 Å². The number of rotatable bonds is 15. The summed E-state index contributed by atoms with van der Waals surface area (Å²) in [6.45, 7) is 19.4. The third kappa shape index (κ3) is 10.2. The van der Waals surface area contributed by atoms with Gasteiger partial charge in [0.2, 0.25) is 0 Å². The van der Waals surface area contributed by atoms with Crippen LogP contribution in [0.4, 0.5) is 4.79 Å². The molecule has 0 aromatic carbocycles. The van der Waals surface area contributed by atoms with Crippen molar-refractivity contribution in [3.63, 3.8) is 0 Å². The molecule has 8 nitrogen and oxygen atoms in total. The Hall–Kier alpha value is -1.30. The normalized spacial score (nSPS) is 30.7. The van der Waals surface area contributed by atoms with Gasteiger partial charge in [-0.1, -0.05) is 52.8 Å². The van der Waals surface area contributed by atoms with Crippen molar-refractivity contribution >= 4 is 12.1 Å². The van der Waals surface area contributed by atoms with Gasteiger partial charge in [0, 0.05) is 31.9 Å². The molecule has 0 radical (unpaired) electrons. The Morgan fingerprint density at radius 3 is 2.50 bits per heavy atom. The zero-order valence-electron chi connectivity index (χ0n) is 26.4. The summed E-state index contributed by atoms with van der Waals surface area (Å²) in [5.41, 5.74) is 0.825. The van der Waals surface area contributed by atoms with Gasteiger partial charge in [-0.15, -0.1) is 6.54 Å².